The molecular weight excluding hydrogens is 355 g/mol. The van der Waals surface area contributed by atoms with E-state index in [0.29, 0.717) is 19.0 Å². The number of alkyl halides is 3. The number of benzene rings is 1. The van der Waals surface area contributed by atoms with Crippen LogP contribution in [-0.4, -0.2) is 17.6 Å². The van der Waals surface area contributed by atoms with E-state index < -0.39 is 18.0 Å². The van der Waals surface area contributed by atoms with Gasteiger partial charge in [0, 0.05) is 12.5 Å². The maximum atomic E-state index is 13.0. The molecule has 1 N–H and O–H groups in total. The second kappa shape index (κ2) is 9.38. The Morgan fingerprint density at radius 3 is 2.48 bits per heavy atom. The minimum absolute atomic E-state index is 0.0289. The molecular formula is C20H22F3N3O. The summed E-state index contributed by atoms with van der Waals surface area (Å²) in [6, 6.07) is 13.2. The summed E-state index contributed by atoms with van der Waals surface area (Å²) >= 11 is 0. The zero-order chi connectivity index (χ0) is 19.9. The smallest absolute Gasteiger partial charge is 0.433 e. The third-order valence-corrected chi connectivity index (χ3v) is 4.21. The molecule has 0 spiro atoms. The highest BCUT2D eigenvalue weighted by atomic mass is 19.4. The molecule has 0 aliphatic rings. The van der Waals surface area contributed by atoms with Crippen LogP contribution in [-0.2, 0) is 6.18 Å². The largest absolute Gasteiger partial charge is 0.468 e. The molecule has 27 heavy (non-hydrogen) atoms. The van der Waals surface area contributed by atoms with E-state index in [1.807, 2.05) is 36.4 Å². The monoisotopic (exact) mass is 377 g/mol. The molecule has 0 saturated carbocycles. The van der Waals surface area contributed by atoms with Gasteiger partial charge in [0.2, 0.25) is 5.88 Å². The maximum Gasteiger partial charge on any atom is 0.433 e. The third kappa shape index (κ3) is 5.97. The van der Waals surface area contributed by atoms with Crippen LogP contribution in [0.5, 0.6) is 5.88 Å². The lowest BCUT2D eigenvalue weighted by Crippen LogP contribution is -2.28. The SMILES string of the molecule is CCC(C)NCC[C@@H](Oc1nc(C(F)(F)F)ccc1C#N)c1ccccc1. The van der Waals surface area contributed by atoms with Crippen LogP contribution < -0.4 is 10.1 Å². The van der Waals surface area contributed by atoms with Crippen molar-refractivity contribution in [2.24, 2.45) is 0 Å². The van der Waals surface area contributed by atoms with Crippen molar-refractivity contribution in [1.82, 2.24) is 10.3 Å². The standard InChI is InChI=1S/C20H22F3N3O/c1-3-14(2)25-12-11-17(15-7-5-4-6-8-15)27-19-16(13-24)9-10-18(26-19)20(21,22)23/h4-10,14,17,25H,3,11-12H2,1-2H3/t14?,17-/m1/s1. The predicted octanol–water partition coefficient (Wildman–Crippen LogP) is 4.87. The molecule has 1 aromatic heterocycles. The van der Waals surface area contributed by atoms with Crippen molar-refractivity contribution in [2.75, 3.05) is 6.54 Å². The molecule has 2 aromatic rings. The first-order chi connectivity index (χ1) is 12.8. The molecule has 0 amide bonds. The quantitative estimate of drug-likeness (QED) is 0.713. The highest BCUT2D eigenvalue weighted by Crippen LogP contribution is 2.32. The van der Waals surface area contributed by atoms with Crippen LogP contribution in [0.1, 0.15) is 49.6 Å². The number of aromatic nitrogens is 1. The second-order valence-electron chi connectivity index (χ2n) is 6.23. The number of ether oxygens (including phenoxy) is 1. The molecule has 0 bridgehead atoms. The van der Waals surface area contributed by atoms with Crippen molar-refractivity contribution in [3.63, 3.8) is 0 Å². The fraction of sp³-hybridized carbons (Fsp3) is 0.400. The van der Waals surface area contributed by atoms with Crippen molar-refractivity contribution in [2.45, 2.75) is 45.0 Å². The summed E-state index contributed by atoms with van der Waals surface area (Å²) in [5.74, 6) is -0.301. The molecule has 1 unspecified atom stereocenters. The summed E-state index contributed by atoms with van der Waals surface area (Å²) in [6.45, 7) is 4.74. The van der Waals surface area contributed by atoms with E-state index in [1.165, 1.54) is 0 Å². The Morgan fingerprint density at radius 1 is 1.19 bits per heavy atom. The highest BCUT2D eigenvalue weighted by molar-refractivity contribution is 5.39. The van der Waals surface area contributed by atoms with Crippen LogP contribution in [0.3, 0.4) is 0 Å². The Hall–Kier alpha value is -2.59. The van der Waals surface area contributed by atoms with Gasteiger partial charge in [-0.25, -0.2) is 4.98 Å². The van der Waals surface area contributed by atoms with Crippen LogP contribution in [0.2, 0.25) is 0 Å². The van der Waals surface area contributed by atoms with E-state index in [9.17, 15) is 18.4 Å². The number of hydrogen-bond acceptors (Lipinski definition) is 4. The fourth-order valence-corrected chi connectivity index (χ4v) is 2.47. The highest BCUT2D eigenvalue weighted by Gasteiger charge is 2.33. The van der Waals surface area contributed by atoms with Crippen molar-refractivity contribution in [1.29, 1.82) is 5.26 Å². The number of halogens is 3. The molecule has 4 nitrogen and oxygen atoms in total. The van der Waals surface area contributed by atoms with Gasteiger partial charge in [-0.05, 0) is 37.6 Å². The minimum Gasteiger partial charge on any atom is -0.468 e. The summed E-state index contributed by atoms with van der Waals surface area (Å²) in [7, 11) is 0. The van der Waals surface area contributed by atoms with E-state index in [1.54, 1.807) is 0 Å². The molecule has 7 heteroatoms. The van der Waals surface area contributed by atoms with E-state index in [0.717, 1.165) is 24.1 Å². The van der Waals surface area contributed by atoms with Crippen LogP contribution in [0.25, 0.3) is 0 Å². The summed E-state index contributed by atoms with van der Waals surface area (Å²) in [5.41, 5.74) is -0.300. The number of nitrogens with one attached hydrogen (secondary N) is 1. The van der Waals surface area contributed by atoms with Crippen LogP contribution in [0, 0.1) is 11.3 Å². The Labute approximate surface area is 157 Å². The molecule has 144 valence electrons. The Morgan fingerprint density at radius 2 is 1.89 bits per heavy atom. The average molecular weight is 377 g/mol. The van der Waals surface area contributed by atoms with Gasteiger partial charge in [-0.2, -0.15) is 18.4 Å². The van der Waals surface area contributed by atoms with Gasteiger partial charge in [0.05, 0.1) is 0 Å². The molecule has 1 aromatic carbocycles. The van der Waals surface area contributed by atoms with Gasteiger partial charge in [-0.3, -0.25) is 0 Å². The van der Waals surface area contributed by atoms with Gasteiger partial charge < -0.3 is 10.1 Å². The lowest BCUT2D eigenvalue weighted by molar-refractivity contribution is -0.141. The van der Waals surface area contributed by atoms with Gasteiger partial charge in [0.15, 0.2) is 0 Å². The first-order valence-corrected chi connectivity index (χ1v) is 8.78. The van der Waals surface area contributed by atoms with E-state index in [4.69, 9.17) is 4.74 Å². The first kappa shape index (κ1) is 20.7. The number of nitriles is 1. The molecule has 0 saturated heterocycles. The maximum absolute atomic E-state index is 13.0. The van der Waals surface area contributed by atoms with E-state index in [-0.39, 0.29) is 11.4 Å². The zero-order valence-electron chi connectivity index (χ0n) is 15.3. The summed E-state index contributed by atoms with van der Waals surface area (Å²) in [6.07, 6.45) is -3.64. The average Bonchev–Trinajstić information content (AvgIpc) is 2.66. The number of rotatable bonds is 8. The molecule has 0 aliphatic heterocycles. The van der Waals surface area contributed by atoms with Crippen molar-refractivity contribution < 1.29 is 17.9 Å². The van der Waals surface area contributed by atoms with Crippen LogP contribution in [0.4, 0.5) is 13.2 Å². The predicted molar refractivity (Wildman–Crippen MR) is 96.1 cm³/mol. The van der Waals surface area contributed by atoms with Crippen molar-refractivity contribution >= 4 is 0 Å². The molecule has 0 radical (unpaired) electrons. The number of pyridine rings is 1. The van der Waals surface area contributed by atoms with Gasteiger partial charge in [-0.1, -0.05) is 37.3 Å². The van der Waals surface area contributed by atoms with Crippen molar-refractivity contribution in [3.8, 4) is 11.9 Å². The van der Waals surface area contributed by atoms with E-state index >= 15 is 0 Å². The second-order valence-corrected chi connectivity index (χ2v) is 6.23. The molecule has 0 aliphatic carbocycles. The number of hydrogen-bond donors (Lipinski definition) is 1. The summed E-state index contributed by atoms with van der Waals surface area (Å²) in [5, 5.41) is 12.5. The fourth-order valence-electron chi connectivity index (χ4n) is 2.47. The minimum atomic E-state index is -4.60. The number of nitrogens with zero attached hydrogens (tertiary/aromatic N) is 2. The van der Waals surface area contributed by atoms with Crippen LogP contribution >= 0.6 is 0 Å². The van der Waals surface area contributed by atoms with Gasteiger partial charge in [0.25, 0.3) is 0 Å². The third-order valence-electron chi connectivity index (χ3n) is 4.21. The molecule has 0 fully saturated rings. The normalized spacial score (nSPS) is 13.6. The molecule has 1 heterocycles. The molecule has 2 atom stereocenters. The van der Waals surface area contributed by atoms with Gasteiger partial charge in [-0.15, -0.1) is 0 Å². The first-order valence-electron chi connectivity index (χ1n) is 8.78. The van der Waals surface area contributed by atoms with Gasteiger partial charge in [0.1, 0.15) is 23.4 Å². The topological polar surface area (TPSA) is 57.9 Å². The van der Waals surface area contributed by atoms with E-state index in [2.05, 4.69) is 24.1 Å². The summed E-state index contributed by atoms with van der Waals surface area (Å²) < 4.78 is 44.8. The molecule has 2 rings (SSSR count). The lowest BCUT2D eigenvalue weighted by Gasteiger charge is -2.21. The Balaban J connectivity index is 2.27. The van der Waals surface area contributed by atoms with Crippen LogP contribution in [0.15, 0.2) is 42.5 Å². The summed E-state index contributed by atoms with van der Waals surface area (Å²) in [4.78, 5) is 3.55. The van der Waals surface area contributed by atoms with Gasteiger partial charge >= 0.3 is 6.18 Å². The Kier molecular flexibility index (Phi) is 7.19. The van der Waals surface area contributed by atoms with Crippen molar-refractivity contribution in [3.05, 3.63) is 59.3 Å². The Bertz CT molecular complexity index is 772. The zero-order valence-corrected chi connectivity index (χ0v) is 15.3. The lowest BCUT2D eigenvalue weighted by atomic mass is 10.1.